The number of benzene rings is 1. The molecule has 3 fully saturated rings. The van der Waals surface area contributed by atoms with Crippen LogP contribution in [0.5, 0.6) is 0 Å². The van der Waals surface area contributed by atoms with Gasteiger partial charge in [-0.3, -0.25) is 20.2 Å². The van der Waals surface area contributed by atoms with Gasteiger partial charge in [0.25, 0.3) is 5.69 Å². The lowest BCUT2D eigenvalue weighted by molar-refractivity contribution is -0.384. The highest BCUT2D eigenvalue weighted by atomic mass is 16.6. The molecule has 1 amide bonds. The summed E-state index contributed by atoms with van der Waals surface area (Å²) in [5.74, 6) is 0.755. The SMILES string of the molecule is CC1CC1N1C(=O)C2(CC2)NC1c1ccc([N+](=O)[O-])cc1. The van der Waals surface area contributed by atoms with Gasteiger partial charge in [0.15, 0.2) is 0 Å². The zero-order valence-electron chi connectivity index (χ0n) is 11.8. The molecule has 1 aromatic carbocycles. The normalized spacial score (nSPS) is 32.5. The van der Waals surface area contributed by atoms with Crippen molar-refractivity contribution in [3.05, 3.63) is 39.9 Å². The second kappa shape index (κ2) is 4.04. The van der Waals surface area contributed by atoms with Crippen LogP contribution in [-0.2, 0) is 4.79 Å². The lowest BCUT2D eigenvalue weighted by atomic mass is 10.1. The second-order valence-corrected chi connectivity index (χ2v) is 6.47. The Balaban J connectivity index is 1.66. The molecule has 3 unspecified atom stereocenters. The molecule has 1 aliphatic heterocycles. The van der Waals surface area contributed by atoms with Gasteiger partial charge in [0.05, 0.1) is 4.92 Å². The first kappa shape index (κ1) is 12.8. The summed E-state index contributed by atoms with van der Waals surface area (Å²) < 4.78 is 0. The summed E-state index contributed by atoms with van der Waals surface area (Å²) in [6.45, 7) is 2.16. The van der Waals surface area contributed by atoms with E-state index in [9.17, 15) is 14.9 Å². The van der Waals surface area contributed by atoms with Crippen molar-refractivity contribution >= 4 is 11.6 Å². The zero-order chi connectivity index (χ0) is 14.8. The first-order valence-corrected chi connectivity index (χ1v) is 7.37. The molecule has 1 heterocycles. The number of non-ortho nitro benzene ring substituents is 1. The van der Waals surface area contributed by atoms with Crippen LogP contribution in [0.1, 0.15) is 37.9 Å². The number of rotatable bonds is 3. The van der Waals surface area contributed by atoms with Crippen molar-refractivity contribution < 1.29 is 9.72 Å². The predicted octanol–water partition coefficient (Wildman–Crippen LogP) is 1.97. The summed E-state index contributed by atoms with van der Waals surface area (Å²) in [5.41, 5.74) is 0.654. The fourth-order valence-electron chi connectivity index (χ4n) is 3.29. The van der Waals surface area contributed by atoms with Gasteiger partial charge in [-0.25, -0.2) is 0 Å². The van der Waals surface area contributed by atoms with Crippen LogP contribution in [-0.4, -0.2) is 27.3 Å². The van der Waals surface area contributed by atoms with E-state index >= 15 is 0 Å². The highest BCUT2D eigenvalue weighted by Gasteiger charge is 2.62. The smallest absolute Gasteiger partial charge is 0.269 e. The number of carbonyl (C=O) groups is 1. The van der Waals surface area contributed by atoms with Crippen LogP contribution < -0.4 is 5.32 Å². The number of nitrogens with one attached hydrogen (secondary N) is 1. The Morgan fingerprint density at radius 1 is 1.33 bits per heavy atom. The molecule has 1 aromatic rings. The molecule has 1 N–H and O–H groups in total. The average molecular weight is 287 g/mol. The van der Waals surface area contributed by atoms with Crippen LogP contribution in [0.15, 0.2) is 24.3 Å². The van der Waals surface area contributed by atoms with Crippen molar-refractivity contribution in [3.63, 3.8) is 0 Å². The molecule has 1 saturated heterocycles. The van der Waals surface area contributed by atoms with E-state index in [0.29, 0.717) is 12.0 Å². The van der Waals surface area contributed by atoms with E-state index in [0.717, 1.165) is 24.8 Å². The summed E-state index contributed by atoms with van der Waals surface area (Å²) in [6.07, 6.45) is 2.70. The molecule has 6 nitrogen and oxygen atoms in total. The molecule has 2 saturated carbocycles. The third-order valence-corrected chi connectivity index (χ3v) is 4.93. The van der Waals surface area contributed by atoms with Crippen molar-refractivity contribution in [3.8, 4) is 0 Å². The fraction of sp³-hybridized carbons (Fsp3) is 0.533. The average Bonchev–Trinajstić information content (AvgIpc) is 3.36. The molecule has 110 valence electrons. The number of hydrogen-bond donors (Lipinski definition) is 1. The molecule has 3 aliphatic rings. The monoisotopic (exact) mass is 287 g/mol. The molecule has 2 aliphatic carbocycles. The largest absolute Gasteiger partial charge is 0.318 e. The van der Waals surface area contributed by atoms with Gasteiger partial charge in [-0.15, -0.1) is 0 Å². The van der Waals surface area contributed by atoms with Gasteiger partial charge in [0, 0.05) is 18.2 Å². The van der Waals surface area contributed by atoms with Crippen LogP contribution in [0, 0.1) is 16.0 Å². The van der Waals surface area contributed by atoms with Gasteiger partial charge in [-0.1, -0.05) is 6.92 Å². The minimum atomic E-state index is -0.403. The molecule has 0 radical (unpaired) electrons. The number of nitro groups is 1. The van der Waals surface area contributed by atoms with Crippen molar-refractivity contribution in [2.75, 3.05) is 0 Å². The van der Waals surface area contributed by atoms with E-state index in [4.69, 9.17) is 0 Å². The summed E-state index contributed by atoms with van der Waals surface area (Å²) in [7, 11) is 0. The maximum Gasteiger partial charge on any atom is 0.269 e. The van der Waals surface area contributed by atoms with Crippen molar-refractivity contribution in [2.45, 2.75) is 43.9 Å². The molecule has 3 atom stereocenters. The molecular weight excluding hydrogens is 270 g/mol. The van der Waals surface area contributed by atoms with E-state index in [1.165, 1.54) is 12.1 Å². The van der Waals surface area contributed by atoms with Crippen LogP contribution in [0.2, 0.25) is 0 Å². The van der Waals surface area contributed by atoms with Crippen LogP contribution in [0.25, 0.3) is 0 Å². The van der Waals surface area contributed by atoms with Gasteiger partial charge >= 0.3 is 0 Å². The highest BCUT2D eigenvalue weighted by Crippen LogP contribution is 2.51. The van der Waals surface area contributed by atoms with E-state index in [1.54, 1.807) is 12.1 Å². The summed E-state index contributed by atoms with van der Waals surface area (Å²) in [6, 6.07) is 6.83. The van der Waals surface area contributed by atoms with E-state index in [2.05, 4.69) is 12.2 Å². The maximum atomic E-state index is 12.6. The van der Waals surface area contributed by atoms with Crippen LogP contribution >= 0.6 is 0 Å². The molecular formula is C15H17N3O3. The number of carbonyl (C=O) groups excluding carboxylic acids is 1. The Kier molecular flexibility index (Phi) is 2.45. The van der Waals surface area contributed by atoms with Gasteiger partial charge in [0.2, 0.25) is 5.91 Å². The fourth-order valence-corrected chi connectivity index (χ4v) is 3.29. The number of hydrogen-bond acceptors (Lipinski definition) is 4. The predicted molar refractivity (Wildman–Crippen MR) is 75.4 cm³/mol. The molecule has 6 heteroatoms. The standard InChI is InChI=1S/C15H17N3O3/c1-9-8-12(9)17-13(16-15(6-7-15)14(17)19)10-2-4-11(5-3-10)18(20)21/h2-5,9,12-13,16H,6-8H2,1H3. The number of nitrogens with zero attached hydrogens (tertiary/aromatic N) is 2. The molecule has 0 aromatic heterocycles. The molecule has 0 bridgehead atoms. The first-order valence-electron chi connectivity index (χ1n) is 7.37. The molecule has 1 spiro atoms. The minimum Gasteiger partial charge on any atom is -0.318 e. The third kappa shape index (κ3) is 1.86. The van der Waals surface area contributed by atoms with Gasteiger partial charge in [-0.05, 0) is 42.9 Å². The van der Waals surface area contributed by atoms with E-state index in [1.807, 2.05) is 4.90 Å². The lowest BCUT2D eigenvalue weighted by Gasteiger charge is -2.24. The molecule has 21 heavy (non-hydrogen) atoms. The maximum absolute atomic E-state index is 12.6. The summed E-state index contributed by atoms with van der Waals surface area (Å²) >= 11 is 0. The Labute approximate surface area is 122 Å². The zero-order valence-corrected chi connectivity index (χ0v) is 11.8. The van der Waals surface area contributed by atoms with Gasteiger partial charge in [0.1, 0.15) is 11.7 Å². The van der Waals surface area contributed by atoms with Gasteiger partial charge < -0.3 is 4.90 Å². The quantitative estimate of drug-likeness (QED) is 0.681. The van der Waals surface area contributed by atoms with E-state index in [-0.39, 0.29) is 23.3 Å². The highest BCUT2D eigenvalue weighted by molar-refractivity contribution is 5.92. The number of amides is 1. The van der Waals surface area contributed by atoms with Crippen LogP contribution in [0.4, 0.5) is 5.69 Å². The van der Waals surface area contributed by atoms with Crippen molar-refractivity contribution in [1.82, 2.24) is 10.2 Å². The van der Waals surface area contributed by atoms with Crippen LogP contribution in [0.3, 0.4) is 0 Å². The van der Waals surface area contributed by atoms with Crippen molar-refractivity contribution in [1.29, 1.82) is 0 Å². The Bertz CT molecular complexity index is 624. The summed E-state index contributed by atoms with van der Waals surface area (Å²) in [4.78, 5) is 24.9. The minimum absolute atomic E-state index is 0.0792. The Morgan fingerprint density at radius 2 is 1.95 bits per heavy atom. The van der Waals surface area contributed by atoms with E-state index < -0.39 is 4.92 Å². The Morgan fingerprint density at radius 3 is 2.43 bits per heavy atom. The lowest BCUT2D eigenvalue weighted by Crippen LogP contribution is -2.34. The third-order valence-electron chi connectivity index (χ3n) is 4.93. The number of nitro benzene ring substituents is 1. The van der Waals surface area contributed by atoms with Crippen molar-refractivity contribution in [2.24, 2.45) is 5.92 Å². The first-order chi connectivity index (χ1) is 10.0. The Hall–Kier alpha value is -1.95. The summed E-state index contributed by atoms with van der Waals surface area (Å²) in [5, 5.41) is 14.2. The molecule has 4 rings (SSSR count). The van der Waals surface area contributed by atoms with Gasteiger partial charge in [-0.2, -0.15) is 0 Å². The second-order valence-electron chi connectivity index (χ2n) is 6.47. The topological polar surface area (TPSA) is 75.5 Å².